The van der Waals surface area contributed by atoms with E-state index < -0.39 is 0 Å². The van der Waals surface area contributed by atoms with Gasteiger partial charge in [-0.25, -0.2) is 0 Å². The van der Waals surface area contributed by atoms with Crippen molar-refractivity contribution in [2.75, 3.05) is 0 Å². The second-order valence-electron chi connectivity index (χ2n) is 5.50. The summed E-state index contributed by atoms with van der Waals surface area (Å²) in [6.07, 6.45) is 4.32. The van der Waals surface area contributed by atoms with E-state index in [0.717, 1.165) is 16.7 Å². The van der Waals surface area contributed by atoms with Gasteiger partial charge < -0.3 is 14.3 Å². The van der Waals surface area contributed by atoms with Crippen molar-refractivity contribution in [3.05, 3.63) is 28.5 Å². The summed E-state index contributed by atoms with van der Waals surface area (Å²) in [6.45, 7) is 2.11. The molecule has 0 aliphatic carbocycles. The van der Waals surface area contributed by atoms with E-state index >= 15 is 0 Å². The first-order chi connectivity index (χ1) is 8.72. The van der Waals surface area contributed by atoms with Gasteiger partial charge >= 0.3 is 0 Å². The number of aromatic amines is 1. The lowest BCUT2D eigenvalue weighted by Crippen LogP contribution is -2.20. The fourth-order valence-electron chi connectivity index (χ4n) is 3.46. The third-order valence-corrected chi connectivity index (χ3v) is 4.58. The van der Waals surface area contributed by atoms with Crippen LogP contribution in [-0.4, -0.2) is 21.8 Å². The predicted octanol–water partition coefficient (Wildman–Crippen LogP) is 3.50. The molecule has 2 bridgehead atoms. The second kappa shape index (κ2) is 3.68. The third kappa shape index (κ3) is 1.42. The number of nitrogens with zero attached hydrogens (tertiary/aromatic N) is 1. The summed E-state index contributed by atoms with van der Waals surface area (Å²) in [5.41, 5.74) is 3.62. The van der Waals surface area contributed by atoms with Crippen LogP contribution in [0.4, 0.5) is 0 Å². The minimum absolute atomic E-state index is 0.363. The van der Waals surface area contributed by atoms with Gasteiger partial charge in [0.05, 0.1) is 29.3 Å². The molecule has 3 unspecified atom stereocenters. The van der Waals surface area contributed by atoms with Crippen molar-refractivity contribution in [1.82, 2.24) is 9.55 Å². The molecule has 0 spiro atoms. The van der Waals surface area contributed by atoms with Crippen LogP contribution in [-0.2, 0) is 4.74 Å². The minimum atomic E-state index is 0.363. The van der Waals surface area contributed by atoms with E-state index in [4.69, 9.17) is 17.0 Å². The molecule has 2 fully saturated rings. The lowest BCUT2D eigenvalue weighted by molar-refractivity contribution is 0.0941. The SMILES string of the molecule is Cc1ccc2c(c1)[nH]c(=S)n2C1CC2CCC1O2. The monoisotopic (exact) mass is 260 g/mol. The molecule has 2 aromatic rings. The maximum atomic E-state index is 5.96. The Morgan fingerprint density at radius 1 is 1.39 bits per heavy atom. The van der Waals surface area contributed by atoms with Crippen LogP contribution in [0.3, 0.4) is 0 Å². The summed E-state index contributed by atoms with van der Waals surface area (Å²) in [6, 6.07) is 6.90. The molecule has 0 saturated carbocycles. The molecule has 0 radical (unpaired) electrons. The molecule has 1 N–H and O–H groups in total. The average molecular weight is 260 g/mol. The van der Waals surface area contributed by atoms with Gasteiger partial charge in [-0.15, -0.1) is 0 Å². The highest BCUT2D eigenvalue weighted by Gasteiger charge is 2.42. The van der Waals surface area contributed by atoms with Crippen LogP contribution >= 0.6 is 12.2 Å². The van der Waals surface area contributed by atoms with Crippen LogP contribution in [0.15, 0.2) is 18.2 Å². The molecule has 3 nitrogen and oxygen atoms in total. The number of imidazole rings is 1. The van der Waals surface area contributed by atoms with Crippen LogP contribution in [0.1, 0.15) is 30.9 Å². The van der Waals surface area contributed by atoms with Gasteiger partial charge in [0.1, 0.15) is 0 Å². The molecule has 4 rings (SSSR count). The maximum Gasteiger partial charge on any atom is 0.178 e. The average Bonchev–Trinajstić information content (AvgIpc) is 3.00. The van der Waals surface area contributed by atoms with Crippen molar-refractivity contribution in [1.29, 1.82) is 0 Å². The van der Waals surface area contributed by atoms with Crippen molar-refractivity contribution >= 4 is 23.3 Å². The molecule has 94 valence electrons. The van der Waals surface area contributed by atoms with E-state index in [2.05, 4.69) is 34.7 Å². The molecule has 3 heterocycles. The molecule has 2 saturated heterocycles. The Labute approximate surface area is 111 Å². The van der Waals surface area contributed by atoms with Crippen molar-refractivity contribution in [2.45, 2.75) is 44.4 Å². The first-order valence-corrected chi connectivity index (χ1v) is 6.99. The molecular weight excluding hydrogens is 244 g/mol. The number of aromatic nitrogens is 2. The highest BCUT2D eigenvalue weighted by Crippen LogP contribution is 2.42. The molecule has 1 aromatic carbocycles. The van der Waals surface area contributed by atoms with Crippen molar-refractivity contribution < 1.29 is 4.74 Å². The number of benzene rings is 1. The highest BCUT2D eigenvalue weighted by atomic mass is 32.1. The van der Waals surface area contributed by atoms with E-state index in [-0.39, 0.29) is 0 Å². The minimum Gasteiger partial charge on any atom is -0.373 e. The number of nitrogens with one attached hydrogen (secondary N) is 1. The number of ether oxygens (including phenoxy) is 1. The van der Waals surface area contributed by atoms with Crippen LogP contribution in [0.5, 0.6) is 0 Å². The van der Waals surface area contributed by atoms with Crippen molar-refractivity contribution in [3.8, 4) is 0 Å². The van der Waals surface area contributed by atoms with E-state index in [1.807, 2.05) is 0 Å². The fourth-order valence-corrected chi connectivity index (χ4v) is 3.80. The smallest absolute Gasteiger partial charge is 0.178 e. The van der Waals surface area contributed by atoms with Crippen molar-refractivity contribution in [2.24, 2.45) is 0 Å². The summed E-state index contributed by atoms with van der Waals surface area (Å²) in [4.78, 5) is 3.33. The summed E-state index contributed by atoms with van der Waals surface area (Å²) in [5.74, 6) is 0. The number of fused-ring (bicyclic) bond motifs is 3. The molecule has 3 atom stereocenters. The molecule has 0 amide bonds. The molecule has 4 heteroatoms. The topological polar surface area (TPSA) is 29.9 Å². The van der Waals surface area contributed by atoms with E-state index in [0.29, 0.717) is 18.2 Å². The zero-order valence-electron chi connectivity index (χ0n) is 10.3. The number of H-pyrrole nitrogens is 1. The van der Waals surface area contributed by atoms with Gasteiger partial charge in [0, 0.05) is 0 Å². The van der Waals surface area contributed by atoms with Crippen LogP contribution in [0.2, 0.25) is 0 Å². The van der Waals surface area contributed by atoms with Gasteiger partial charge in [0.2, 0.25) is 0 Å². The Balaban J connectivity index is 1.90. The summed E-state index contributed by atoms with van der Waals surface area (Å²) < 4.78 is 9.06. The molecule has 18 heavy (non-hydrogen) atoms. The third-order valence-electron chi connectivity index (χ3n) is 4.28. The zero-order valence-corrected chi connectivity index (χ0v) is 11.2. The first-order valence-electron chi connectivity index (χ1n) is 6.59. The van der Waals surface area contributed by atoms with Gasteiger partial charge in [0.15, 0.2) is 4.77 Å². The van der Waals surface area contributed by atoms with Gasteiger partial charge in [-0.3, -0.25) is 0 Å². The van der Waals surface area contributed by atoms with Gasteiger partial charge in [0.25, 0.3) is 0 Å². The van der Waals surface area contributed by atoms with E-state index in [1.165, 1.54) is 23.9 Å². The van der Waals surface area contributed by atoms with Gasteiger partial charge in [-0.2, -0.15) is 0 Å². The summed E-state index contributed by atoms with van der Waals surface area (Å²) in [7, 11) is 0. The summed E-state index contributed by atoms with van der Waals surface area (Å²) >= 11 is 5.50. The Morgan fingerprint density at radius 3 is 3.00 bits per heavy atom. The Bertz CT molecular complexity index is 672. The number of rotatable bonds is 1. The van der Waals surface area contributed by atoms with E-state index in [9.17, 15) is 0 Å². The quantitative estimate of drug-likeness (QED) is 0.795. The summed E-state index contributed by atoms with van der Waals surface area (Å²) in [5, 5.41) is 0. The second-order valence-corrected chi connectivity index (χ2v) is 5.88. The lowest BCUT2D eigenvalue weighted by atomic mass is 9.95. The van der Waals surface area contributed by atoms with Crippen LogP contribution in [0, 0.1) is 11.7 Å². The largest absolute Gasteiger partial charge is 0.373 e. The van der Waals surface area contributed by atoms with Crippen molar-refractivity contribution in [3.63, 3.8) is 0 Å². The number of hydrogen-bond donors (Lipinski definition) is 1. The molecular formula is C14H16N2OS. The number of aryl methyl sites for hydroxylation is 1. The Morgan fingerprint density at radius 2 is 2.28 bits per heavy atom. The first kappa shape index (κ1) is 10.8. The van der Waals surface area contributed by atoms with Gasteiger partial charge in [-0.1, -0.05) is 6.07 Å². The van der Waals surface area contributed by atoms with Gasteiger partial charge in [-0.05, 0) is 56.1 Å². The van der Waals surface area contributed by atoms with Crippen LogP contribution < -0.4 is 0 Å². The Hall–Kier alpha value is -1.13. The molecule has 1 aromatic heterocycles. The zero-order chi connectivity index (χ0) is 12.3. The Kier molecular flexibility index (Phi) is 2.20. The molecule has 2 aliphatic rings. The standard InChI is InChI=1S/C14H16N2OS/c1-8-2-4-11-10(6-8)15-14(18)16(11)12-7-9-3-5-13(12)17-9/h2,4,6,9,12-13H,3,5,7H2,1H3,(H,15,18). The maximum absolute atomic E-state index is 5.96. The van der Waals surface area contributed by atoms with Crippen LogP contribution in [0.25, 0.3) is 11.0 Å². The fraction of sp³-hybridized carbons (Fsp3) is 0.500. The highest BCUT2D eigenvalue weighted by molar-refractivity contribution is 7.71. The molecule has 2 aliphatic heterocycles. The normalized spacial score (nSPS) is 30.4. The number of hydrogen-bond acceptors (Lipinski definition) is 2. The van der Waals surface area contributed by atoms with E-state index in [1.54, 1.807) is 0 Å². The lowest BCUT2D eigenvalue weighted by Gasteiger charge is -2.21. The predicted molar refractivity (Wildman–Crippen MR) is 73.4 cm³/mol.